The van der Waals surface area contributed by atoms with Gasteiger partial charge in [-0.05, 0) is 38.0 Å². The number of hydrogen-bond acceptors (Lipinski definition) is 7. The standard InChI is InChI=1S/C19H22N4O2S2/c1-10(2)18-22-23-19(27-18)21-17(24)16-13(5)20-15(26-16)9-25-14-8-11(3)6-7-12(14)4/h6-8,10H,9H2,1-5H3,(H,21,23,24). The first-order chi connectivity index (χ1) is 12.8. The molecule has 6 nitrogen and oxygen atoms in total. The van der Waals surface area contributed by atoms with Crippen molar-refractivity contribution in [3.05, 3.63) is 49.9 Å². The Morgan fingerprint density at radius 1 is 1.19 bits per heavy atom. The fraction of sp³-hybridized carbons (Fsp3) is 0.368. The number of rotatable bonds is 6. The minimum absolute atomic E-state index is 0.213. The van der Waals surface area contributed by atoms with Crippen molar-refractivity contribution in [1.29, 1.82) is 0 Å². The van der Waals surface area contributed by atoms with Gasteiger partial charge in [0.05, 0.1) is 5.69 Å². The van der Waals surface area contributed by atoms with E-state index in [-0.39, 0.29) is 11.8 Å². The first-order valence-electron chi connectivity index (χ1n) is 8.64. The van der Waals surface area contributed by atoms with Crippen LogP contribution in [-0.4, -0.2) is 21.1 Å². The number of aryl methyl sites for hydroxylation is 3. The van der Waals surface area contributed by atoms with Crippen LogP contribution < -0.4 is 10.1 Å². The third kappa shape index (κ3) is 4.70. The zero-order valence-electron chi connectivity index (χ0n) is 16.0. The Kier molecular flexibility index (Phi) is 5.86. The van der Waals surface area contributed by atoms with E-state index in [0.29, 0.717) is 22.3 Å². The number of aromatic nitrogens is 3. The summed E-state index contributed by atoms with van der Waals surface area (Å²) in [4.78, 5) is 17.6. The van der Waals surface area contributed by atoms with E-state index in [2.05, 4.69) is 26.6 Å². The summed E-state index contributed by atoms with van der Waals surface area (Å²) in [6.07, 6.45) is 0. The van der Waals surface area contributed by atoms with Crippen LogP contribution in [0.15, 0.2) is 18.2 Å². The van der Waals surface area contributed by atoms with Crippen molar-refractivity contribution < 1.29 is 9.53 Å². The number of ether oxygens (including phenoxy) is 1. The van der Waals surface area contributed by atoms with Crippen LogP contribution in [0.2, 0.25) is 0 Å². The molecule has 0 fully saturated rings. The molecule has 2 heterocycles. The number of anilines is 1. The molecule has 0 bridgehead atoms. The van der Waals surface area contributed by atoms with Gasteiger partial charge in [0.25, 0.3) is 5.91 Å². The fourth-order valence-electron chi connectivity index (χ4n) is 2.40. The SMILES string of the molecule is Cc1ccc(C)c(OCc2nc(C)c(C(=O)Nc3nnc(C(C)C)s3)s2)c1. The van der Waals surface area contributed by atoms with Gasteiger partial charge in [-0.3, -0.25) is 10.1 Å². The molecular weight excluding hydrogens is 380 g/mol. The molecule has 0 spiro atoms. The lowest BCUT2D eigenvalue weighted by molar-refractivity contribution is 0.102. The highest BCUT2D eigenvalue weighted by Gasteiger charge is 2.18. The number of amides is 1. The van der Waals surface area contributed by atoms with E-state index in [9.17, 15) is 4.79 Å². The summed E-state index contributed by atoms with van der Waals surface area (Å²) in [5.74, 6) is 0.908. The average molecular weight is 403 g/mol. The average Bonchev–Trinajstić information content (AvgIpc) is 3.22. The lowest BCUT2D eigenvalue weighted by Gasteiger charge is -2.08. The molecule has 1 N–H and O–H groups in total. The fourth-order valence-corrected chi connectivity index (χ4v) is 4.01. The van der Waals surface area contributed by atoms with E-state index < -0.39 is 0 Å². The van der Waals surface area contributed by atoms with Gasteiger partial charge in [0.1, 0.15) is 27.2 Å². The smallest absolute Gasteiger partial charge is 0.269 e. The molecule has 0 aliphatic rings. The third-order valence-electron chi connectivity index (χ3n) is 3.90. The van der Waals surface area contributed by atoms with Crippen molar-refractivity contribution in [2.45, 2.75) is 47.1 Å². The van der Waals surface area contributed by atoms with Crippen molar-refractivity contribution in [3.8, 4) is 5.75 Å². The summed E-state index contributed by atoms with van der Waals surface area (Å²) in [5.41, 5.74) is 2.90. The Balaban J connectivity index is 1.68. The van der Waals surface area contributed by atoms with Crippen LogP contribution in [-0.2, 0) is 6.61 Å². The topological polar surface area (TPSA) is 77.0 Å². The van der Waals surface area contributed by atoms with Gasteiger partial charge in [-0.1, -0.05) is 37.3 Å². The van der Waals surface area contributed by atoms with Gasteiger partial charge in [-0.15, -0.1) is 21.5 Å². The highest BCUT2D eigenvalue weighted by atomic mass is 32.1. The second-order valence-electron chi connectivity index (χ2n) is 6.63. The molecule has 0 saturated carbocycles. The van der Waals surface area contributed by atoms with Gasteiger partial charge in [-0.25, -0.2) is 4.98 Å². The van der Waals surface area contributed by atoms with Gasteiger partial charge in [0.2, 0.25) is 5.13 Å². The lowest BCUT2D eigenvalue weighted by Crippen LogP contribution is -2.11. The minimum atomic E-state index is -0.213. The molecule has 3 aromatic rings. The molecule has 0 unspecified atom stereocenters. The molecule has 0 aliphatic heterocycles. The van der Waals surface area contributed by atoms with Crippen LogP contribution >= 0.6 is 22.7 Å². The first-order valence-corrected chi connectivity index (χ1v) is 10.3. The van der Waals surface area contributed by atoms with E-state index in [1.54, 1.807) is 0 Å². The zero-order chi connectivity index (χ0) is 19.6. The maximum Gasteiger partial charge on any atom is 0.269 e. The molecule has 2 aromatic heterocycles. The van der Waals surface area contributed by atoms with Crippen LogP contribution in [0.1, 0.15) is 56.3 Å². The van der Waals surface area contributed by atoms with Crippen LogP contribution in [0, 0.1) is 20.8 Å². The quantitative estimate of drug-likeness (QED) is 0.636. The molecule has 142 valence electrons. The summed E-state index contributed by atoms with van der Waals surface area (Å²) >= 11 is 2.73. The maximum atomic E-state index is 12.6. The molecule has 1 aromatic carbocycles. The molecule has 0 radical (unpaired) electrons. The van der Waals surface area contributed by atoms with Gasteiger partial charge in [0, 0.05) is 5.92 Å². The number of hydrogen-bond donors (Lipinski definition) is 1. The molecule has 0 aliphatic carbocycles. The molecule has 27 heavy (non-hydrogen) atoms. The Morgan fingerprint density at radius 2 is 1.96 bits per heavy atom. The third-order valence-corrected chi connectivity index (χ3v) is 6.17. The number of thiazole rings is 1. The van der Waals surface area contributed by atoms with Gasteiger partial charge >= 0.3 is 0 Å². The Hall–Kier alpha value is -2.32. The Morgan fingerprint density at radius 3 is 2.67 bits per heavy atom. The van der Waals surface area contributed by atoms with Gasteiger partial charge in [-0.2, -0.15) is 0 Å². The minimum Gasteiger partial charge on any atom is -0.486 e. The van der Waals surface area contributed by atoms with Crippen molar-refractivity contribution in [1.82, 2.24) is 15.2 Å². The maximum absolute atomic E-state index is 12.6. The second kappa shape index (κ2) is 8.14. The normalized spacial score (nSPS) is 11.0. The monoisotopic (exact) mass is 402 g/mol. The van der Waals surface area contributed by atoms with E-state index >= 15 is 0 Å². The van der Waals surface area contributed by atoms with Crippen LogP contribution in [0.25, 0.3) is 0 Å². The number of nitrogens with zero attached hydrogens (tertiary/aromatic N) is 3. The molecule has 3 rings (SSSR count). The van der Waals surface area contributed by atoms with Gasteiger partial charge < -0.3 is 4.74 Å². The largest absolute Gasteiger partial charge is 0.486 e. The molecule has 8 heteroatoms. The van der Waals surface area contributed by atoms with Crippen molar-refractivity contribution >= 4 is 33.7 Å². The first kappa shape index (κ1) is 19.4. The summed E-state index contributed by atoms with van der Waals surface area (Å²) in [6.45, 7) is 10.3. The van der Waals surface area contributed by atoms with Crippen molar-refractivity contribution in [2.24, 2.45) is 0 Å². The van der Waals surface area contributed by atoms with E-state index in [0.717, 1.165) is 26.9 Å². The molecule has 0 atom stereocenters. The number of nitrogens with one attached hydrogen (secondary N) is 1. The lowest BCUT2D eigenvalue weighted by atomic mass is 10.1. The Labute approximate surface area is 166 Å². The number of benzene rings is 1. The zero-order valence-corrected chi connectivity index (χ0v) is 17.6. The van der Waals surface area contributed by atoms with Gasteiger partial charge in [0.15, 0.2) is 0 Å². The number of carbonyl (C=O) groups excluding carboxylic acids is 1. The summed E-state index contributed by atoms with van der Waals surface area (Å²) in [5, 5.41) is 13.1. The van der Waals surface area contributed by atoms with E-state index in [1.807, 2.05) is 46.8 Å². The van der Waals surface area contributed by atoms with Crippen molar-refractivity contribution in [3.63, 3.8) is 0 Å². The molecular formula is C19H22N4O2S2. The molecule has 1 amide bonds. The van der Waals surface area contributed by atoms with E-state index in [1.165, 1.54) is 22.7 Å². The highest BCUT2D eigenvalue weighted by Crippen LogP contribution is 2.26. The highest BCUT2D eigenvalue weighted by molar-refractivity contribution is 7.16. The van der Waals surface area contributed by atoms with Crippen molar-refractivity contribution in [2.75, 3.05) is 5.32 Å². The summed E-state index contributed by atoms with van der Waals surface area (Å²) in [7, 11) is 0. The van der Waals surface area contributed by atoms with Crippen LogP contribution in [0.4, 0.5) is 5.13 Å². The number of carbonyl (C=O) groups is 1. The summed E-state index contributed by atoms with van der Waals surface area (Å²) in [6, 6.07) is 6.09. The Bertz CT molecular complexity index is 963. The second-order valence-corrected chi connectivity index (χ2v) is 8.73. The van der Waals surface area contributed by atoms with Crippen LogP contribution in [0.5, 0.6) is 5.75 Å². The summed E-state index contributed by atoms with van der Waals surface area (Å²) < 4.78 is 5.90. The molecule has 0 saturated heterocycles. The predicted molar refractivity (Wildman–Crippen MR) is 109 cm³/mol. The predicted octanol–water partition coefficient (Wildman–Crippen LogP) is 4.87. The van der Waals surface area contributed by atoms with E-state index in [4.69, 9.17) is 4.74 Å². The van der Waals surface area contributed by atoms with Crippen LogP contribution in [0.3, 0.4) is 0 Å².